The first-order chi connectivity index (χ1) is 9.65. The third-order valence-corrected chi connectivity index (χ3v) is 4.69. The smallest absolute Gasteiger partial charge is 0.229 e. The molecule has 0 saturated carbocycles. The van der Waals surface area contributed by atoms with Crippen LogP contribution in [0.15, 0.2) is 4.52 Å². The average Bonchev–Trinajstić information content (AvgIpc) is 3.03. The van der Waals surface area contributed by atoms with Crippen LogP contribution in [0.1, 0.15) is 64.1 Å². The van der Waals surface area contributed by atoms with Crippen molar-refractivity contribution in [3.63, 3.8) is 0 Å². The topological polar surface area (TPSA) is 54.2 Å². The first-order valence-electron chi connectivity index (χ1n) is 7.98. The van der Waals surface area contributed by atoms with E-state index in [1.807, 2.05) is 0 Å². The Hall–Kier alpha value is -0.940. The molecule has 2 saturated heterocycles. The van der Waals surface area contributed by atoms with E-state index in [2.05, 4.69) is 41.1 Å². The Balaban J connectivity index is 1.64. The van der Waals surface area contributed by atoms with Crippen LogP contribution >= 0.6 is 0 Å². The molecule has 0 radical (unpaired) electrons. The van der Waals surface area contributed by atoms with Crippen LogP contribution in [0.5, 0.6) is 0 Å². The monoisotopic (exact) mass is 278 g/mol. The molecule has 1 N–H and O–H groups in total. The highest BCUT2D eigenvalue weighted by Crippen LogP contribution is 2.30. The molecule has 0 aromatic carbocycles. The van der Waals surface area contributed by atoms with Crippen LogP contribution < -0.4 is 5.32 Å². The van der Waals surface area contributed by atoms with Crippen LogP contribution in [0.3, 0.4) is 0 Å². The van der Waals surface area contributed by atoms with E-state index < -0.39 is 0 Å². The number of hydrogen-bond acceptors (Lipinski definition) is 5. The van der Waals surface area contributed by atoms with E-state index in [0.29, 0.717) is 12.0 Å². The number of aromatic nitrogens is 2. The molecule has 0 aliphatic carbocycles. The van der Waals surface area contributed by atoms with Gasteiger partial charge >= 0.3 is 0 Å². The molecule has 5 heteroatoms. The van der Waals surface area contributed by atoms with E-state index in [1.165, 1.54) is 25.7 Å². The summed E-state index contributed by atoms with van der Waals surface area (Å²) in [6, 6.07) is 2.12. The summed E-state index contributed by atoms with van der Waals surface area (Å²) < 4.78 is 5.31. The van der Waals surface area contributed by atoms with Gasteiger partial charge in [-0.2, -0.15) is 4.98 Å². The molecule has 112 valence electrons. The van der Waals surface area contributed by atoms with Crippen molar-refractivity contribution < 1.29 is 4.52 Å². The molecule has 3 heterocycles. The van der Waals surface area contributed by atoms with Gasteiger partial charge < -0.3 is 9.84 Å². The number of rotatable bonds is 5. The Labute approximate surface area is 121 Å². The Morgan fingerprint density at radius 1 is 1.30 bits per heavy atom. The Morgan fingerprint density at radius 2 is 2.00 bits per heavy atom. The van der Waals surface area contributed by atoms with Crippen molar-refractivity contribution in [2.45, 2.75) is 77.0 Å². The standard InChI is InChI=1S/C15H26N4O/c1-4-19(9-14-17-15(10(2)3)20-18-14)13-7-11-5-6-12(8-13)16-11/h10-13,16H,4-9H2,1-3H3. The molecule has 1 aromatic heterocycles. The van der Waals surface area contributed by atoms with Crippen molar-refractivity contribution in [1.29, 1.82) is 0 Å². The van der Waals surface area contributed by atoms with Crippen LogP contribution in [0.2, 0.25) is 0 Å². The minimum atomic E-state index is 0.307. The molecule has 0 spiro atoms. The summed E-state index contributed by atoms with van der Waals surface area (Å²) in [4.78, 5) is 7.03. The second-order valence-electron chi connectivity index (χ2n) is 6.53. The molecule has 2 aliphatic heterocycles. The van der Waals surface area contributed by atoms with Crippen molar-refractivity contribution in [3.8, 4) is 0 Å². The lowest BCUT2D eigenvalue weighted by Crippen LogP contribution is -2.48. The van der Waals surface area contributed by atoms with Crippen molar-refractivity contribution >= 4 is 0 Å². The number of piperidine rings is 1. The van der Waals surface area contributed by atoms with Gasteiger partial charge in [-0.25, -0.2) is 0 Å². The first kappa shape index (κ1) is 14.0. The fourth-order valence-electron chi connectivity index (χ4n) is 3.57. The van der Waals surface area contributed by atoms with E-state index in [4.69, 9.17) is 4.52 Å². The molecule has 2 fully saturated rings. The molecule has 2 bridgehead atoms. The second-order valence-corrected chi connectivity index (χ2v) is 6.53. The van der Waals surface area contributed by atoms with Gasteiger partial charge in [0.2, 0.25) is 5.89 Å². The van der Waals surface area contributed by atoms with Crippen molar-refractivity contribution in [2.75, 3.05) is 6.54 Å². The summed E-state index contributed by atoms with van der Waals surface area (Å²) in [5, 5.41) is 7.84. The second kappa shape index (κ2) is 5.82. The highest BCUT2D eigenvalue weighted by Gasteiger charge is 2.35. The van der Waals surface area contributed by atoms with E-state index in [1.54, 1.807) is 0 Å². The van der Waals surface area contributed by atoms with E-state index in [0.717, 1.165) is 36.9 Å². The quantitative estimate of drug-likeness (QED) is 0.895. The summed E-state index contributed by atoms with van der Waals surface area (Å²) in [6.07, 6.45) is 5.22. The summed E-state index contributed by atoms with van der Waals surface area (Å²) >= 11 is 0. The lowest BCUT2D eigenvalue weighted by atomic mass is 9.98. The first-order valence-corrected chi connectivity index (χ1v) is 7.98. The molecule has 2 unspecified atom stereocenters. The predicted molar refractivity (Wildman–Crippen MR) is 77.4 cm³/mol. The van der Waals surface area contributed by atoms with Gasteiger partial charge in [-0.3, -0.25) is 4.90 Å². The molecule has 0 amide bonds. The third kappa shape index (κ3) is 2.88. The summed E-state index contributed by atoms with van der Waals surface area (Å²) in [5.74, 6) is 1.89. The summed E-state index contributed by atoms with van der Waals surface area (Å²) in [6.45, 7) is 8.26. The fraction of sp³-hybridized carbons (Fsp3) is 0.867. The van der Waals surface area contributed by atoms with Crippen LogP contribution in [0.25, 0.3) is 0 Å². The summed E-state index contributed by atoms with van der Waals surface area (Å²) in [7, 11) is 0. The molecule has 3 rings (SSSR count). The van der Waals surface area contributed by atoms with E-state index in [-0.39, 0.29) is 0 Å². The van der Waals surface area contributed by atoms with Crippen molar-refractivity contribution in [3.05, 3.63) is 11.7 Å². The van der Waals surface area contributed by atoms with E-state index >= 15 is 0 Å². The minimum absolute atomic E-state index is 0.307. The van der Waals surface area contributed by atoms with Gasteiger partial charge in [-0.15, -0.1) is 0 Å². The Bertz CT molecular complexity index is 433. The maximum atomic E-state index is 5.31. The maximum Gasteiger partial charge on any atom is 0.229 e. The molecule has 2 aliphatic rings. The van der Waals surface area contributed by atoms with Gasteiger partial charge in [0.25, 0.3) is 0 Å². The van der Waals surface area contributed by atoms with Gasteiger partial charge in [-0.1, -0.05) is 25.9 Å². The van der Waals surface area contributed by atoms with Crippen LogP contribution in [-0.2, 0) is 6.54 Å². The zero-order chi connectivity index (χ0) is 14.1. The minimum Gasteiger partial charge on any atom is -0.339 e. The predicted octanol–water partition coefficient (Wildman–Crippen LogP) is 2.30. The number of hydrogen-bond donors (Lipinski definition) is 1. The molecule has 20 heavy (non-hydrogen) atoms. The third-order valence-electron chi connectivity index (χ3n) is 4.69. The summed E-state index contributed by atoms with van der Waals surface area (Å²) in [5.41, 5.74) is 0. The molecule has 5 nitrogen and oxygen atoms in total. The molecule has 2 atom stereocenters. The normalized spacial score (nSPS) is 29.6. The molecular formula is C15H26N4O. The van der Waals surface area contributed by atoms with Gasteiger partial charge in [-0.05, 0) is 32.2 Å². The zero-order valence-corrected chi connectivity index (χ0v) is 12.8. The maximum absolute atomic E-state index is 5.31. The zero-order valence-electron chi connectivity index (χ0n) is 12.8. The molecular weight excluding hydrogens is 252 g/mol. The number of nitrogens with zero attached hydrogens (tertiary/aromatic N) is 3. The van der Waals surface area contributed by atoms with Gasteiger partial charge in [0.15, 0.2) is 5.82 Å². The van der Waals surface area contributed by atoms with Crippen molar-refractivity contribution in [1.82, 2.24) is 20.4 Å². The number of fused-ring (bicyclic) bond motifs is 2. The Kier molecular flexibility index (Phi) is 4.08. The van der Waals surface area contributed by atoms with Crippen LogP contribution in [0, 0.1) is 0 Å². The SMILES string of the molecule is CCN(Cc1noc(C(C)C)n1)C1CC2CCC(C1)N2. The largest absolute Gasteiger partial charge is 0.339 e. The van der Waals surface area contributed by atoms with Crippen LogP contribution in [0.4, 0.5) is 0 Å². The highest BCUT2D eigenvalue weighted by atomic mass is 16.5. The van der Waals surface area contributed by atoms with E-state index in [9.17, 15) is 0 Å². The lowest BCUT2D eigenvalue weighted by molar-refractivity contribution is 0.136. The van der Waals surface area contributed by atoms with Crippen molar-refractivity contribution in [2.24, 2.45) is 0 Å². The Morgan fingerprint density at radius 3 is 2.55 bits per heavy atom. The van der Waals surface area contributed by atoms with Gasteiger partial charge in [0, 0.05) is 24.0 Å². The van der Waals surface area contributed by atoms with Gasteiger partial charge in [0.1, 0.15) is 0 Å². The highest BCUT2D eigenvalue weighted by molar-refractivity contribution is 4.97. The molecule has 1 aromatic rings. The van der Waals surface area contributed by atoms with Crippen LogP contribution in [-0.4, -0.2) is 39.7 Å². The lowest BCUT2D eigenvalue weighted by Gasteiger charge is -2.36. The number of nitrogens with one attached hydrogen (secondary N) is 1. The average molecular weight is 278 g/mol. The van der Waals surface area contributed by atoms with Gasteiger partial charge in [0.05, 0.1) is 6.54 Å². The fourth-order valence-corrected chi connectivity index (χ4v) is 3.57.